The molecule has 2 aliphatic heterocycles. The molecule has 6 nitrogen and oxygen atoms in total. The van der Waals surface area contributed by atoms with E-state index in [2.05, 4.69) is 11.0 Å². The molecular formula is C23H26N4O2S. The first-order chi connectivity index (χ1) is 14.6. The lowest BCUT2D eigenvalue weighted by Gasteiger charge is -2.39. The SMILES string of the molecule is N#Cc1ccc(CN2CCN(C(=O)[C@@H]3CCCN(C(=O)c4cccs4)C3)CC2)cc1. The van der Waals surface area contributed by atoms with Gasteiger partial charge >= 0.3 is 0 Å². The van der Waals surface area contributed by atoms with Crippen LogP contribution in [0.25, 0.3) is 0 Å². The van der Waals surface area contributed by atoms with E-state index in [1.807, 2.05) is 51.6 Å². The number of hydrogen-bond acceptors (Lipinski definition) is 5. The smallest absolute Gasteiger partial charge is 0.263 e. The summed E-state index contributed by atoms with van der Waals surface area (Å²) in [6.45, 7) is 5.24. The summed E-state index contributed by atoms with van der Waals surface area (Å²) in [7, 11) is 0. The summed E-state index contributed by atoms with van der Waals surface area (Å²) >= 11 is 1.46. The molecule has 0 aliphatic carbocycles. The first-order valence-corrected chi connectivity index (χ1v) is 11.3. The molecule has 7 heteroatoms. The molecule has 1 aromatic carbocycles. The maximum atomic E-state index is 13.1. The highest BCUT2D eigenvalue weighted by Crippen LogP contribution is 2.23. The molecule has 2 aromatic rings. The van der Waals surface area contributed by atoms with E-state index in [0.717, 1.165) is 57.0 Å². The summed E-state index contributed by atoms with van der Waals surface area (Å²) in [4.78, 5) is 32.6. The minimum atomic E-state index is -0.0901. The lowest BCUT2D eigenvalue weighted by atomic mass is 9.96. The Morgan fingerprint density at radius 1 is 1.03 bits per heavy atom. The summed E-state index contributed by atoms with van der Waals surface area (Å²) in [6.07, 6.45) is 1.74. The van der Waals surface area contributed by atoms with Crippen molar-refractivity contribution in [2.75, 3.05) is 39.3 Å². The zero-order valence-electron chi connectivity index (χ0n) is 17.0. The van der Waals surface area contributed by atoms with E-state index >= 15 is 0 Å². The van der Waals surface area contributed by atoms with Crippen LogP contribution >= 0.6 is 11.3 Å². The number of nitrogens with zero attached hydrogens (tertiary/aromatic N) is 4. The van der Waals surface area contributed by atoms with E-state index in [1.54, 1.807) is 0 Å². The predicted molar refractivity (Wildman–Crippen MR) is 116 cm³/mol. The van der Waals surface area contributed by atoms with Crippen LogP contribution in [0.1, 0.15) is 33.6 Å². The summed E-state index contributed by atoms with van der Waals surface area (Å²) in [5, 5.41) is 10.8. The number of carbonyl (C=O) groups excluding carboxylic acids is 2. The topological polar surface area (TPSA) is 67.7 Å². The van der Waals surface area contributed by atoms with Gasteiger partial charge in [0.25, 0.3) is 5.91 Å². The van der Waals surface area contributed by atoms with Gasteiger partial charge in [0, 0.05) is 45.8 Å². The first kappa shape index (κ1) is 20.6. The third-order valence-corrected chi connectivity index (χ3v) is 6.82. The lowest BCUT2D eigenvalue weighted by molar-refractivity contribution is -0.138. The van der Waals surface area contributed by atoms with Gasteiger partial charge in [-0.1, -0.05) is 18.2 Å². The van der Waals surface area contributed by atoms with Crippen molar-refractivity contribution in [3.05, 3.63) is 57.8 Å². The van der Waals surface area contributed by atoms with E-state index < -0.39 is 0 Å². The maximum absolute atomic E-state index is 13.1. The van der Waals surface area contributed by atoms with E-state index in [-0.39, 0.29) is 17.7 Å². The zero-order chi connectivity index (χ0) is 20.9. The van der Waals surface area contributed by atoms with Crippen molar-refractivity contribution in [3.63, 3.8) is 0 Å². The molecule has 0 spiro atoms. The monoisotopic (exact) mass is 422 g/mol. The highest BCUT2D eigenvalue weighted by atomic mass is 32.1. The van der Waals surface area contributed by atoms with Gasteiger partial charge in [0.1, 0.15) is 0 Å². The van der Waals surface area contributed by atoms with Crippen LogP contribution in [0.5, 0.6) is 0 Å². The molecular weight excluding hydrogens is 396 g/mol. The molecule has 0 bridgehead atoms. The van der Waals surface area contributed by atoms with E-state index in [1.165, 1.54) is 16.9 Å². The molecule has 3 heterocycles. The van der Waals surface area contributed by atoms with Crippen molar-refractivity contribution < 1.29 is 9.59 Å². The number of likely N-dealkylation sites (tertiary alicyclic amines) is 1. The molecule has 0 radical (unpaired) electrons. The lowest BCUT2D eigenvalue weighted by Crippen LogP contribution is -2.52. The number of piperazine rings is 1. The van der Waals surface area contributed by atoms with Crippen molar-refractivity contribution in [1.29, 1.82) is 5.26 Å². The normalized spacial score (nSPS) is 20.0. The van der Waals surface area contributed by atoms with Crippen LogP contribution in [0.3, 0.4) is 0 Å². The summed E-state index contributed by atoms with van der Waals surface area (Å²) in [6, 6.07) is 13.6. The number of benzene rings is 1. The molecule has 2 amide bonds. The minimum Gasteiger partial charge on any atom is -0.340 e. The fourth-order valence-corrected chi connectivity index (χ4v) is 4.94. The molecule has 2 saturated heterocycles. The van der Waals surface area contributed by atoms with Gasteiger partial charge in [0.05, 0.1) is 22.4 Å². The van der Waals surface area contributed by atoms with Crippen molar-refractivity contribution in [1.82, 2.24) is 14.7 Å². The molecule has 0 unspecified atom stereocenters. The first-order valence-electron chi connectivity index (χ1n) is 10.5. The summed E-state index contributed by atoms with van der Waals surface area (Å²) < 4.78 is 0. The van der Waals surface area contributed by atoms with Gasteiger partial charge in [-0.3, -0.25) is 14.5 Å². The molecule has 4 rings (SSSR count). The van der Waals surface area contributed by atoms with E-state index in [9.17, 15) is 9.59 Å². The number of nitriles is 1. The Kier molecular flexibility index (Phi) is 6.46. The van der Waals surface area contributed by atoms with Crippen LogP contribution in [0.15, 0.2) is 41.8 Å². The number of amides is 2. The van der Waals surface area contributed by atoms with Gasteiger partial charge in [-0.05, 0) is 42.0 Å². The quantitative estimate of drug-likeness (QED) is 0.760. The van der Waals surface area contributed by atoms with Crippen LogP contribution < -0.4 is 0 Å². The van der Waals surface area contributed by atoms with Crippen LogP contribution in [-0.4, -0.2) is 65.8 Å². The highest BCUT2D eigenvalue weighted by Gasteiger charge is 2.33. The average molecular weight is 423 g/mol. The van der Waals surface area contributed by atoms with Crippen LogP contribution in [0, 0.1) is 17.2 Å². The largest absolute Gasteiger partial charge is 0.340 e. The van der Waals surface area contributed by atoms with Crippen LogP contribution in [0.4, 0.5) is 0 Å². The number of carbonyl (C=O) groups is 2. The second kappa shape index (κ2) is 9.41. The minimum absolute atomic E-state index is 0.0507. The molecule has 0 saturated carbocycles. The van der Waals surface area contributed by atoms with Gasteiger partial charge in [0.15, 0.2) is 0 Å². The predicted octanol–water partition coefficient (Wildman–Crippen LogP) is 2.82. The molecule has 30 heavy (non-hydrogen) atoms. The van der Waals surface area contributed by atoms with Crippen molar-refractivity contribution in [2.24, 2.45) is 5.92 Å². The fraction of sp³-hybridized carbons (Fsp3) is 0.435. The van der Waals surface area contributed by atoms with Gasteiger partial charge in [0.2, 0.25) is 5.91 Å². The van der Waals surface area contributed by atoms with E-state index in [0.29, 0.717) is 12.1 Å². The van der Waals surface area contributed by atoms with Crippen molar-refractivity contribution >= 4 is 23.2 Å². The van der Waals surface area contributed by atoms with Crippen molar-refractivity contribution in [3.8, 4) is 6.07 Å². The van der Waals surface area contributed by atoms with Gasteiger partial charge in [-0.15, -0.1) is 11.3 Å². The summed E-state index contributed by atoms with van der Waals surface area (Å²) in [5.41, 5.74) is 1.86. The fourth-order valence-electron chi connectivity index (χ4n) is 4.25. The maximum Gasteiger partial charge on any atom is 0.263 e. The highest BCUT2D eigenvalue weighted by molar-refractivity contribution is 7.12. The Bertz CT molecular complexity index is 912. The number of rotatable bonds is 4. The third-order valence-electron chi connectivity index (χ3n) is 5.96. The van der Waals surface area contributed by atoms with Crippen LogP contribution in [0.2, 0.25) is 0 Å². The second-order valence-corrected chi connectivity index (χ2v) is 8.93. The standard InChI is InChI=1S/C23H26N4O2S/c24-15-18-5-7-19(8-6-18)16-25-10-12-26(13-11-25)22(28)20-3-1-9-27(17-20)23(29)21-4-2-14-30-21/h2,4-8,14,20H,1,3,9-13,16-17H2/t20-/m1/s1. The van der Waals surface area contributed by atoms with Gasteiger partial charge in [-0.2, -0.15) is 5.26 Å². The van der Waals surface area contributed by atoms with E-state index in [4.69, 9.17) is 5.26 Å². The molecule has 2 fully saturated rings. The molecule has 1 atom stereocenters. The Hall–Kier alpha value is -2.69. The Balaban J connectivity index is 1.28. The van der Waals surface area contributed by atoms with Crippen LogP contribution in [-0.2, 0) is 11.3 Å². The van der Waals surface area contributed by atoms with Gasteiger partial charge in [-0.25, -0.2) is 0 Å². The Labute approximate surface area is 181 Å². The second-order valence-electron chi connectivity index (χ2n) is 7.98. The molecule has 156 valence electrons. The number of piperidine rings is 1. The Morgan fingerprint density at radius 2 is 1.80 bits per heavy atom. The van der Waals surface area contributed by atoms with Crippen molar-refractivity contribution in [2.45, 2.75) is 19.4 Å². The average Bonchev–Trinajstić information content (AvgIpc) is 3.34. The third kappa shape index (κ3) is 4.72. The number of thiophene rings is 1. The summed E-state index contributed by atoms with van der Waals surface area (Å²) in [5.74, 6) is 0.152. The molecule has 2 aliphatic rings. The molecule has 0 N–H and O–H groups in total. The number of hydrogen-bond donors (Lipinski definition) is 0. The Morgan fingerprint density at radius 3 is 2.47 bits per heavy atom. The van der Waals surface area contributed by atoms with Gasteiger partial charge < -0.3 is 9.80 Å². The zero-order valence-corrected chi connectivity index (χ0v) is 17.8. The molecule has 1 aromatic heterocycles.